The number of nitrogens with zero attached hydrogens (tertiary/aromatic N) is 3. The second-order valence-corrected chi connectivity index (χ2v) is 7.45. The van der Waals surface area contributed by atoms with Gasteiger partial charge in [0.2, 0.25) is 0 Å². The predicted octanol–water partition coefficient (Wildman–Crippen LogP) is 5.21. The number of hydrogen-bond acceptors (Lipinski definition) is 5. The van der Waals surface area contributed by atoms with Crippen LogP contribution in [-0.2, 0) is 0 Å². The van der Waals surface area contributed by atoms with Crippen LogP contribution >= 0.6 is 0 Å². The first kappa shape index (κ1) is 26.1. The van der Waals surface area contributed by atoms with Crippen LogP contribution in [0.3, 0.4) is 0 Å². The molecule has 0 amide bonds. The normalized spacial score (nSPS) is 13.7. The van der Waals surface area contributed by atoms with Gasteiger partial charge in [-0.1, -0.05) is 62.1 Å². The maximum atomic E-state index is 6.69. The highest BCUT2D eigenvalue weighted by Gasteiger charge is 2.15. The van der Waals surface area contributed by atoms with Crippen molar-refractivity contribution in [1.29, 1.82) is 0 Å². The molecule has 0 atom stereocenters. The van der Waals surface area contributed by atoms with Gasteiger partial charge in [-0.2, -0.15) is 0 Å². The van der Waals surface area contributed by atoms with Crippen LogP contribution in [0.1, 0.15) is 50.7 Å². The van der Waals surface area contributed by atoms with Crippen molar-refractivity contribution < 1.29 is 0 Å². The van der Waals surface area contributed by atoms with Crippen molar-refractivity contribution in [2.45, 2.75) is 46.5 Å². The molecule has 0 aliphatic rings. The zero-order valence-electron chi connectivity index (χ0n) is 19.6. The predicted molar refractivity (Wildman–Crippen MR) is 137 cm³/mol. The van der Waals surface area contributed by atoms with E-state index >= 15 is 0 Å². The summed E-state index contributed by atoms with van der Waals surface area (Å²) in [6.45, 7) is 11.0. The number of aryl methyl sites for hydroxylation is 1. The summed E-state index contributed by atoms with van der Waals surface area (Å²) in [6.07, 6.45) is 14.1. The Morgan fingerprint density at radius 3 is 2.42 bits per heavy atom. The quantitative estimate of drug-likeness (QED) is 0.261. The summed E-state index contributed by atoms with van der Waals surface area (Å²) < 4.78 is 0. The fraction of sp³-hybridized carbons (Fsp3) is 0.385. The van der Waals surface area contributed by atoms with E-state index in [9.17, 15) is 0 Å². The Kier molecular flexibility index (Phi) is 12.6. The van der Waals surface area contributed by atoms with Crippen molar-refractivity contribution >= 4 is 18.1 Å². The van der Waals surface area contributed by atoms with Crippen LogP contribution < -0.4 is 11.5 Å². The average molecular weight is 422 g/mol. The summed E-state index contributed by atoms with van der Waals surface area (Å²) in [4.78, 5) is 10.8. The zero-order valence-corrected chi connectivity index (χ0v) is 19.6. The van der Waals surface area contributed by atoms with Gasteiger partial charge in [0.05, 0.1) is 17.1 Å². The highest BCUT2D eigenvalue weighted by Crippen LogP contribution is 2.20. The summed E-state index contributed by atoms with van der Waals surface area (Å²) in [5.41, 5.74) is 17.9. The minimum Gasteiger partial charge on any atom is -0.396 e. The van der Waals surface area contributed by atoms with Crippen LogP contribution in [0.5, 0.6) is 0 Å². The highest BCUT2D eigenvalue weighted by atomic mass is 15.1. The van der Waals surface area contributed by atoms with E-state index in [2.05, 4.69) is 37.7 Å². The Bertz CT molecular complexity index is 826. The van der Waals surface area contributed by atoms with E-state index in [-0.39, 0.29) is 0 Å². The van der Waals surface area contributed by atoms with Gasteiger partial charge in [-0.25, -0.2) is 0 Å². The van der Waals surface area contributed by atoms with Crippen molar-refractivity contribution in [3.8, 4) is 0 Å². The molecule has 0 fully saturated rings. The Morgan fingerprint density at radius 1 is 1.13 bits per heavy atom. The molecule has 4 N–H and O–H groups in total. The summed E-state index contributed by atoms with van der Waals surface area (Å²) in [6, 6.07) is 8.19. The van der Waals surface area contributed by atoms with E-state index in [0.717, 1.165) is 35.5 Å². The molecule has 0 saturated carbocycles. The summed E-state index contributed by atoms with van der Waals surface area (Å²) >= 11 is 0. The van der Waals surface area contributed by atoms with E-state index in [1.54, 1.807) is 6.20 Å². The smallest absolute Gasteiger partial charge is 0.0900 e. The second kappa shape index (κ2) is 15.0. The largest absolute Gasteiger partial charge is 0.396 e. The lowest BCUT2D eigenvalue weighted by Gasteiger charge is -2.22. The molecule has 1 aromatic rings. The van der Waals surface area contributed by atoms with Gasteiger partial charge in [0.1, 0.15) is 0 Å². The van der Waals surface area contributed by atoms with Crippen LogP contribution in [0, 0.1) is 6.92 Å². The molecular formula is C26H39N5. The molecule has 0 aliphatic heterocycles. The molecule has 5 nitrogen and oxygen atoms in total. The number of hydrogen-bond donors (Lipinski definition) is 2. The van der Waals surface area contributed by atoms with Crippen LogP contribution in [0.4, 0.5) is 0 Å². The van der Waals surface area contributed by atoms with Gasteiger partial charge >= 0.3 is 0 Å². The SMILES string of the molecule is C=N/C=C\C(=NCCCCCC)/C(=C(/N)c1ccc(C)cc1)N(C)/C=C\C(=C/C)CN. The number of unbranched alkanes of at least 4 members (excludes halogenated alkanes) is 3. The topological polar surface area (TPSA) is 80.0 Å². The first-order chi connectivity index (χ1) is 15.0. The number of allylic oxidation sites excluding steroid dienone is 2. The molecule has 0 heterocycles. The third-order valence-electron chi connectivity index (χ3n) is 4.96. The molecule has 31 heavy (non-hydrogen) atoms. The standard InChI is InChI=1S/C26H39N5/c1-6-8-9-10-17-30-24(15-18-29-4)26(31(5)19-16-22(7-2)20-27)25(28)23-13-11-21(3)12-14-23/h7,11-16,18-19H,4,6,8-10,17,20,27-28H2,1-3,5H3/b18-15-,19-16-,22-7+,26-25-,30-24?. The van der Waals surface area contributed by atoms with Gasteiger partial charge in [-0.3, -0.25) is 9.98 Å². The second-order valence-electron chi connectivity index (χ2n) is 7.45. The van der Waals surface area contributed by atoms with E-state index in [1.165, 1.54) is 24.8 Å². The molecule has 0 saturated heterocycles. The van der Waals surface area contributed by atoms with Gasteiger partial charge in [0.15, 0.2) is 0 Å². The maximum absolute atomic E-state index is 6.69. The molecule has 0 radical (unpaired) electrons. The Labute approximate surface area is 188 Å². The molecule has 0 unspecified atom stereocenters. The van der Waals surface area contributed by atoms with E-state index in [4.69, 9.17) is 16.5 Å². The third kappa shape index (κ3) is 9.18. The van der Waals surface area contributed by atoms with Crippen molar-refractivity contribution in [2.24, 2.45) is 21.5 Å². The Morgan fingerprint density at radius 2 is 1.84 bits per heavy atom. The minimum absolute atomic E-state index is 0.478. The lowest BCUT2D eigenvalue weighted by molar-refractivity contribution is 0.598. The van der Waals surface area contributed by atoms with Crippen molar-refractivity contribution in [3.63, 3.8) is 0 Å². The Balaban J connectivity index is 3.46. The molecule has 1 aromatic carbocycles. The molecule has 0 aromatic heterocycles. The van der Waals surface area contributed by atoms with Crippen LogP contribution in [0.25, 0.3) is 5.70 Å². The van der Waals surface area contributed by atoms with Gasteiger partial charge in [-0.15, -0.1) is 0 Å². The molecule has 5 heteroatoms. The average Bonchev–Trinajstić information content (AvgIpc) is 2.78. The lowest BCUT2D eigenvalue weighted by atomic mass is 10.1. The first-order valence-corrected chi connectivity index (χ1v) is 11.0. The molecule has 1 rings (SSSR count). The minimum atomic E-state index is 0.478. The highest BCUT2D eigenvalue weighted by molar-refractivity contribution is 6.12. The van der Waals surface area contributed by atoms with Crippen molar-refractivity contribution in [1.82, 2.24) is 4.90 Å². The van der Waals surface area contributed by atoms with Gasteiger partial charge in [0.25, 0.3) is 0 Å². The number of nitrogens with two attached hydrogens (primary N) is 2. The fourth-order valence-electron chi connectivity index (χ4n) is 3.01. The van der Waals surface area contributed by atoms with E-state index in [1.807, 2.05) is 55.4 Å². The number of benzene rings is 1. The first-order valence-electron chi connectivity index (χ1n) is 11.0. The van der Waals surface area contributed by atoms with Crippen molar-refractivity contribution in [2.75, 3.05) is 20.1 Å². The summed E-state index contributed by atoms with van der Waals surface area (Å²) in [5, 5.41) is 0. The summed E-state index contributed by atoms with van der Waals surface area (Å²) in [7, 11) is 1.97. The maximum Gasteiger partial charge on any atom is 0.0900 e. The molecular weight excluding hydrogens is 382 g/mol. The molecule has 0 bridgehead atoms. The molecule has 0 aliphatic carbocycles. The van der Waals surface area contributed by atoms with Crippen LogP contribution in [0.2, 0.25) is 0 Å². The van der Waals surface area contributed by atoms with E-state index in [0.29, 0.717) is 12.2 Å². The van der Waals surface area contributed by atoms with Gasteiger partial charge in [-0.05, 0) is 50.3 Å². The Hall–Kier alpha value is -2.92. The van der Waals surface area contributed by atoms with Gasteiger partial charge in [0, 0.05) is 32.5 Å². The zero-order chi connectivity index (χ0) is 23.1. The van der Waals surface area contributed by atoms with Crippen molar-refractivity contribution in [3.05, 3.63) is 77.3 Å². The third-order valence-corrected chi connectivity index (χ3v) is 4.96. The van der Waals surface area contributed by atoms with Gasteiger partial charge < -0.3 is 16.4 Å². The monoisotopic (exact) mass is 421 g/mol. The summed E-state index contributed by atoms with van der Waals surface area (Å²) in [5.74, 6) is 0. The number of aliphatic imine (C=N–C) groups is 2. The molecule has 168 valence electrons. The fourth-order valence-corrected chi connectivity index (χ4v) is 3.01. The number of rotatable bonds is 13. The van der Waals surface area contributed by atoms with E-state index < -0.39 is 0 Å². The lowest BCUT2D eigenvalue weighted by Crippen LogP contribution is -2.23. The molecule has 0 spiro atoms. The van der Waals surface area contributed by atoms with Crippen LogP contribution in [0.15, 0.2) is 76.1 Å². The van der Waals surface area contributed by atoms with Crippen LogP contribution in [-0.4, -0.2) is 37.5 Å².